The van der Waals surface area contributed by atoms with Crippen LogP contribution in [0, 0.1) is 11.2 Å². The van der Waals surface area contributed by atoms with E-state index in [9.17, 15) is 0 Å². The summed E-state index contributed by atoms with van der Waals surface area (Å²) in [5.41, 5.74) is 6.99. The molecule has 0 amide bonds. The monoisotopic (exact) mass is 415 g/mol. The highest BCUT2D eigenvalue weighted by Crippen LogP contribution is 2.39. The van der Waals surface area contributed by atoms with E-state index in [1.54, 1.807) is 36.4 Å². The fraction of sp³-hybridized carbons (Fsp3) is 0.364. The van der Waals surface area contributed by atoms with Crippen molar-refractivity contribution >= 4 is 26.1 Å². The first-order valence-electron chi connectivity index (χ1n) is 9.58. The molecule has 3 N–H and O–H groups in total. The Balaban J connectivity index is 2.40. The molecule has 0 aliphatic heterocycles. The van der Waals surface area contributed by atoms with Gasteiger partial charge in [0, 0.05) is 23.4 Å². The maximum atomic E-state index is 15.2. The molecule has 0 saturated heterocycles. The quantitative estimate of drug-likeness (QED) is 0.349. The predicted octanol–water partition coefficient (Wildman–Crippen LogP) is 5.64. The number of ether oxygens (including phenoxy) is 1. The van der Waals surface area contributed by atoms with E-state index in [2.05, 4.69) is 38.9 Å². The van der Waals surface area contributed by atoms with Crippen molar-refractivity contribution in [3.05, 3.63) is 53.3 Å². The van der Waals surface area contributed by atoms with Crippen LogP contribution in [0.3, 0.4) is 0 Å². The number of rotatable bonds is 7. The Bertz CT molecular complexity index is 904. The Morgan fingerprint density at radius 3 is 2.34 bits per heavy atom. The molecule has 0 aliphatic rings. The minimum Gasteiger partial charge on any atom is -0.541 e. The summed E-state index contributed by atoms with van der Waals surface area (Å²) >= 11 is 0. The first-order chi connectivity index (χ1) is 13.4. The van der Waals surface area contributed by atoms with Crippen LogP contribution >= 0.6 is 0 Å². The van der Waals surface area contributed by atoms with Crippen molar-refractivity contribution in [2.45, 2.75) is 45.8 Å². The average molecular weight is 416 g/mol. The molecule has 0 fully saturated rings. The Morgan fingerprint density at radius 2 is 1.83 bits per heavy atom. The molecule has 2 aromatic carbocycles. The summed E-state index contributed by atoms with van der Waals surface area (Å²) in [5.74, 6) is 0.262. The first-order valence-corrected chi connectivity index (χ1v) is 12.5. The van der Waals surface area contributed by atoms with Crippen molar-refractivity contribution in [2.75, 3.05) is 6.61 Å². The Labute approximate surface area is 173 Å². The number of nitrogens with one attached hydrogen (secondary N) is 1. The molecule has 0 spiro atoms. The topological polar surface area (TPSA) is 80.7 Å². The summed E-state index contributed by atoms with van der Waals surface area (Å²) in [6.07, 6.45) is 1.46. The van der Waals surface area contributed by atoms with Gasteiger partial charge in [-0.1, -0.05) is 20.8 Å². The van der Waals surface area contributed by atoms with E-state index in [0.717, 1.165) is 0 Å². The highest BCUT2D eigenvalue weighted by molar-refractivity contribution is 6.74. The second-order valence-electron chi connectivity index (χ2n) is 8.34. The van der Waals surface area contributed by atoms with Crippen LogP contribution in [0.15, 0.2) is 41.4 Å². The summed E-state index contributed by atoms with van der Waals surface area (Å²) in [5, 5.41) is 7.38. The second kappa shape index (κ2) is 8.78. The number of nitrogens with two attached hydrogens (primary N) is 1. The summed E-state index contributed by atoms with van der Waals surface area (Å²) in [6.45, 7) is 12.8. The minimum atomic E-state index is -2.22. The second-order valence-corrected chi connectivity index (χ2v) is 13.1. The van der Waals surface area contributed by atoms with Gasteiger partial charge in [0.05, 0.1) is 12.3 Å². The molecule has 0 unspecified atom stereocenters. The number of nitrogen functional groups attached to an aromatic ring is 1. The van der Waals surface area contributed by atoms with E-state index < -0.39 is 14.1 Å². The Hall–Kier alpha value is -2.67. The number of halogens is 1. The van der Waals surface area contributed by atoms with E-state index in [-0.39, 0.29) is 16.6 Å². The standard InChI is InChI=1S/C22H30FN3O2Si/c1-7-27-18-12-16(14-26-17-10-8-15(9-11-17)21(24)25)20(23)19(13-18)28-29(5,6)22(2,3)4/h8-14H,7H2,1-6H3,(H3,24,25). The van der Waals surface area contributed by atoms with Gasteiger partial charge in [0.1, 0.15) is 17.3 Å². The predicted molar refractivity (Wildman–Crippen MR) is 120 cm³/mol. The van der Waals surface area contributed by atoms with E-state index in [4.69, 9.17) is 20.3 Å². The van der Waals surface area contributed by atoms with Gasteiger partial charge in [-0.2, -0.15) is 0 Å². The first kappa shape index (κ1) is 22.6. The molecule has 156 valence electrons. The third-order valence-electron chi connectivity index (χ3n) is 5.05. The average Bonchev–Trinajstić information content (AvgIpc) is 2.62. The van der Waals surface area contributed by atoms with Gasteiger partial charge in [-0.3, -0.25) is 10.4 Å². The zero-order valence-corrected chi connectivity index (χ0v) is 19.0. The fourth-order valence-corrected chi connectivity index (χ4v) is 3.31. The maximum Gasteiger partial charge on any atom is 0.250 e. The molecule has 0 aromatic heterocycles. The Kier molecular flexibility index (Phi) is 6.84. The number of aliphatic imine (C=N–C) groups is 1. The van der Waals surface area contributed by atoms with Crippen molar-refractivity contribution < 1.29 is 13.6 Å². The van der Waals surface area contributed by atoms with Crippen molar-refractivity contribution in [1.82, 2.24) is 0 Å². The van der Waals surface area contributed by atoms with Gasteiger partial charge in [0.2, 0.25) is 0 Å². The molecular weight excluding hydrogens is 385 g/mol. The number of hydrogen-bond acceptors (Lipinski definition) is 4. The van der Waals surface area contributed by atoms with Gasteiger partial charge in [-0.15, -0.1) is 0 Å². The van der Waals surface area contributed by atoms with Crippen LogP contribution in [0.4, 0.5) is 10.1 Å². The molecular formula is C22H30FN3O2Si. The van der Waals surface area contributed by atoms with Gasteiger partial charge in [0.15, 0.2) is 5.82 Å². The molecule has 5 nitrogen and oxygen atoms in total. The summed E-state index contributed by atoms with van der Waals surface area (Å²) < 4.78 is 27.0. The SMILES string of the molecule is CCOc1cc(C=Nc2ccc(C(=N)N)cc2)c(F)c(O[Si](C)(C)C(C)(C)C)c1. The zero-order valence-electron chi connectivity index (χ0n) is 18.0. The molecule has 0 heterocycles. The van der Waals surface area contributed by atoms with Gasteiger partial charge in [-0.25, -0.2) is 4.39 Å². The lowest BCUT2D eigenvalue weighted by atomic mass is 10.2. The Morgan fingerprint density at radius 1 is 1.21 bits per heavy atom. The molecule has 7 heteroatoms. The molecule has 29 heavy (non-hydrogen) atoms. The molecule has 0 atom stereocenters. The van der Waals surface area contributed by atoms with E-state index >= 15 is 4.39 Å². The molecule has 2 rings (SSSR count). The van der Waals surface area contributed by atoms with E-state index in [0.29, 0.717) is 29.2 Å². The minimum absolute atomic E-state index is 0.0107. The third kappa shape index (κ3) is 5.66. The third-order valence-corrected chi connectivity index (χ3v) is 9.40. The number of nitrogens with zero attached hydrogens (tertiary/aromatic N) is 1. The lowest BCUT2D eigenvalue weighted by Crippen LogP contribution is -2.44. The van der Waals surface area contributed by atoms with E-state index in [1.807, 2.05) is 6.92 Å². The molecule has 0 bridgehead atoms. The van der Waals surface area contributed by atoms with Crippen LogP contribution in [0.25, 0.3) is 0 Å². The molecule has 0 radical (unpaired) electrons. The largest absolute Gasteiger partial charge is 0.541 e. The number of amidine groups is 1. The van der Waals surface area contributed by atoms with Gasteiger partial charge in [0.25, 0.3) is 8.32 Å². The number of hydrogen-bond donors (Lipinski definition) is 2. The molecule has 0 saturated carbocycles. The maximum absolute atomic E-state index is 15.2. The van der Waals surface area contributed by atoms with E-state index in [1.165, 1.54) is 6.21 Å². The van der Waals surface area contributed by atoms with Crippen molar-refractivity contribution in [2.24, 2.45) is 10.7 Å². The van der Waals surface area contributed by atoms with Crippen molar-refractivity contribution in [3.8, 4) is 11.5 Å². The zero-order chi connectivity index (χ0) is 21.8. The van der Waals surface area contributed by atoms with Crippen molar-refractivity contribution in [3.63, 3.8) is 0 Å². The van der Waals surface area contributed by atoms with Crippen LogP contribution in [0.5, 0.6) is 11.5 Å². The van der Waals surface area contributed by atoms with Crippen LogP contribution in [0.1, 0.15) is 38.8 Å². The van der Waals surface area contributed by atoms with Gasteiger partial charge >= 0.3 is 0 Å². The molecule has 2 aromatic rings. The van der Waals surface area contributed by atoms with Crippen LogP contribution < -0.4 is 14.9 Å². The summed E-state index contributed by atoms with van der Waals surface area (Å²) in [4.78, 5) is 4.35. The van der Waals surface area contributed by atoms with Gasteiger partial charge < -0.3 is 14.9 Å². The number of benzene rings is 2. The molecule has 0 aliphatic carbocycles. The van der Waals surface area contributed by atoms with Gasteiger partial charge in [-0.05, 0) is 55.4 Å². The lowest BCUT2D eigenvalue weighted by molar-refractivity contribution is 0.337. The lowest BCUT2D eigenvalue weighted by Gasteiger charge is -2.36. The summed E-state index contributed by atoms with van der Waals surface area (Å²) in [7, 11) is -2.22. The van der Waals surface area contributed by atoms with Crippen LogP contribution in [-0.4, -0.2) is 27.0 Å². The van der Waals surface area contributed by atoms with Crippen LogP contribution in [-0.2, 0) is 0 Å². The highest BCUT2D eigenvalue weighted by Gasteiger charge is 2.39. The normalized spacial score (nSPS) is 12.2. The van der Waals surface area contributed by atoms with Crippen LogP contribution in [0.2, 0.25) is 18.1 Å². The highest BCUT2D eigenvalue weighted by atomic mass is 28.4. The fourth-order valence-electron chi connectivity index (χ4n) is 2.31. The summed E-state index contributed by atoms with van der Waals surface area (Å²) in [6, 6.07) is 10.1. The van der Waals surface area contributed by atoms with Crippen molar-refractivity contribution in [1.29, 1.82) is 5.41 Å². The smallest absolute Gasteiger partial charge is 0.250 e.